The molecule has 3 saturated heterocycles. The van der Waals surface area contributed by atoms with E-state index in [1.165, 1.54) is 0 Å². The van der Waals surface area contributed by atoms with Crippen molar-refractivity contribution in [3.63, 3.8) is 0 Å². The second-order valence-electron chi connectivity index (χ2n) is 7.49. The van der Waals surface area contributed by atoms with Crippen LogP contribution >= 0.6 is 11.6 Å². The van der Waals surface area contributed by atoms with Crippen LogP contribution in [0, 0.1) is 0 Å². The third-order valence-electron chi connectivity index (χ3n) is 5.54. The zero-order chi connectivity index (χ0) is 18.1. The van der Waals surface area contributed by atoms with Crippen molar-refractivity contribution in [1.82, 2.24) is 15.5 Å². The number of hydrogen-bond donors (Lipinski definition) is 2. The summed E-state index contributed by atoms with van der Waals surface area (Å²) in [6.45, 7) is 2.36. The summed E-state index contributed by atoms with van der Waals surface area (Å²) in [5.74, 6) is 0.0726. The second-order valence-corrected chi connectivity index (χ2v) is 7.93. The van der Waals surface area contributed by atoms with Crippen LogP contribution in [0.4, 0.5) is 0 Å². The number of nitrogens with one attached hydrogen (secondary N) is 2. The molecule has 0 bridgehead atoms. The molecule has 0 saturated carbocycles. The summed E-state index contributed by atoms with van der Waals surface area (Å²) in [5, 5.41) is 6.71. The average molecular weight is 378 g/mol. The fourth-order valence-electron chi connectivity index (χ4n) is 4.20. The summed E-state index contributed by atoms with van der Waals surface area (Å²) in [6.07, 6.45) is 2.61. The summed E-state index contributed by atoms with van der Waals surface area (Å²) in [6, 6.07) is 8.30. The topological polar surface area (TPSA) is 70.7 Å². The largest absolute Gasteiger partial charge is 0.371 e. The lowest BCUT2D eigenvalue weighted by Crippen LogP contribution is -2.43. The van der Waals surface area contributed by atoms with Gasteiger partial charge in [0, 0.05) is 49.1 Å². The number of benzene rings is 1. The fourth-order valence-corrected chi connectivity index (χ4v) is 4.32. The number of ether oxygens (including phenoxy) is 1. The highest BCUT2D eigenvalue weighted by Gasteiger charge is 2.38. The first kappa shape index (κ1) is 17.8. The van der Waals surface area contributed by atoms with Gasteiger partial charge in [0.15, 0.2) is 0 Å². The molecule has 7 heteroatoms. The van der Waals surface area contributed by atoms with E-state index in [0.29, 0.717) is 25.5 Å². The molecule has 2 N–H and O–H groups in total. The Morgan fingerprint density at radius 1 is 1.31 bits per heavy atom. The Morgan fingerprint density at radius 3 is 2.85 bits per heavy atom. The second kappa shape index (κ2) is 7.55. The zero-order valence-corrected chi connectivity index (χ0v) is 15.4. The van der Waals surface area contributed by atoms with E-state index >= 15 is 0 Å². The maximum Gasteiger partial charge on any atom is 0.222 e. The van der Waals surface area contributed by atoms with E-state index in [1.54, 1.807) is 0 Å². The van der Waals surface area contributed by atoms with Crippen molar-refractivity contribution in [3.05, 3.63) is 34.9 Å². The number of carbonyl (C=O) groups excluding carboxylic acids is 2. The summed E-state index contributed by atoms with van der Waals surface area (Å²) >= 11 is 5.96. The van der Waals surface area contributed by atoms with Crippen molar-refractivity contribution >= 4 is 23.4 Å². The minimum absolute atomic E-state index is 0.0101. The summed E-state index contributed by atoms with van der Waals surface area (Å²) in [4.78, 5) is 25.9. The Balaban J connectivity index is 1.28. The van der Waals surface area contributed by atoms with Gasteiger partial charge in [0.1, 0.15) is 0 Å². The quantitative estimate of drug-likeness (QED) is 0.836. The van der Waals surface area contributed by atoms with Gasteiger partial charge in [-0.3, -0.25) is 14.5 Å². The number of carbonyl (C=O) groups is 2. The first-order chi connectivity index (χ1) is 12.6. The van der Waals surface area contributed by atoms with E-state index < -0.39 is 0 Å². The van der Waals surface area contributed by atoms with Gasteiger partial charge in [-0.2, -0.15) is 0 Å². The molecule has 0 aliphatic carbocycles. The van der Waals surface area contributed by atoms with Crippen LogP contribution in [0.3, 0.4) is 0 Å². The first-order valence-corrected chi connectivity index (χ1v) is 9.64. The van der Waals surface area contributed by atoms with Gasteiger partial charge in [-0.25, -0.2) is 0 Å². The van der Waals surface area contributed by atoms with Gasteiger partial charge in [0.2, 0.25) is 11.8 Å². The summed E-state index contributed by atoms with van der Waals surface area (Å²) in [5.41, 5.74) is 1.14. The third kappa shape index (κ3) is 4.03. The zero-order valence-electron chi connectivity index (χ0n) is 14.6. The van der Waals surface area contributed by atoms with Crippen LogP contribution < -0.4 is 10.6 Å². The van der Waals surface area contributed by atoms with E-state index in [2.05, 4.69) is 15.5 Å². The van der Waals surface area contributed by atoms with Crippen LogP contribution in [-0.2, 0) is 14.3 Å². The Bertz CT molecular complexity index is 681. The van der Waals surface area contributed by atoms with E-state index in [0.717, 1.165) is 36.5 Å². The molecule has 0 radical (unpaired) electrons. The van der Waals surface area contributed by atoms with Crippen LogP contribution in [-0.4, -0.2) is 54.5 Å². The predicted octanol–water partition coefficient (Wildman–Crippen LogP) is 1.64. The highest BCUT2D eigenvalue weighted by atomic mass is 35.5. The number of rotatable bonds is 4. The number of halogens is 1. The van der Waals surface area contributed by atoms with Crippen molar-refractivity contribution < 1.29 is 14.3 Å². The molecule has 4 atom stereocenters. The van der Waals surface area contributed by atoms with Gasteiger partial charge in [-0.15, -0.1) is 0 Å². The predicted molar refractivity (Wildman–Crippen MR) is 97.8 cm³/mol. The fraction of sp³-hybridized carbons (Fsp3) is 0.579. The molecule has 0 unspecified atom stereocenters. The van der Waals surface area contributed by atoms with Gasteiger partial charge in [0.25, 0.3) is 0 Å². The normalized spacial score (nSPS) is 31.5. The van der Waals surface area contributed by atoms with Crippen molar-refractivity contribution in [2.45, 2.75) is 49.9 Å². The number of fused-ring (bicyclic) bond motifs is 1. The smallest absolute Gasteiger partial charge is 0.222 e. The lowest BCUT2D eigenvalue weighted by atomic mass is 10.1. The standard InChI is InChI=1S/C19H24ClN3O3/c20-13-3-1-12(2-4-13)17-10-23-9-15(7-16(23)11-26-17)22-19(25)8-14-5-6-18(24)21-14/h1-4,14-17H,5-11H2,(H,21,24)(H,22,25)/t14-,15+,16-,17+/m0/s1. The maximum atomic E-state index is 12.3. The van der Waals surface area contributed by atoms with Crippen LogP contribution in [0.2, 0.25) is 5.02 Å². The van der Waals surface area contributed by atoms with Gasteiger partial charge >= 0.3 is 0 Å². The van der Waals surface area contributed by atoms with Crippen molar-refractivity contribution in [2.75, 3.05) is 19.7 Å². The molecule has 0 spiro atoms. The Kier molecular flexibility index (Phi) is 5.16. The molecule has 1 aromatic rings. The Morgan fingerprint density at radius 2 is 2.12 bits per heavy atom. The van der Waals surface area contributed by atoms with Gasteiger partial charge in [-0.1, -0.05) is 23.7 Å². The van der Waals surface area contributed by atoms with Crippen molar-refractivity contribution in [1.29, 1.82) is 0 Å². The number of morpholine rings is 1. The summed E-state index contributed by atoms with van der Waals surface area (Å²) in [7, 11) is 0. The average Bonchev–Trinajstić information content (AvgIpc) is 3.20. The molecule has 26 heavy (non-hydrogen) atoms. The molecule has 0 aromatic heterocycles. The van der Waals surface area contributed by atoms with Crippen LogP contribution in [0.15, 0.2) is 24.3 Å². The molecule has 6 nitrogen and oxygen atoms in total. The van der Waals surface area contributed by atoms with Crippen molar-refractivity contribution in [2.24, 2.45) is 0 Å². The lowest BCUT2D eigenvalue weighted by molar-refractivity contribution is -0.122. The Hall–Kier alpha value is -1.63. The molecule has 3 aliphatic heterocycles. The minimum atomic E-state index is -0.0101. The van der Waals surface area contributed by atoms with Crippen molar-refractivity contribution in [3.8, 4) is 0 Å². The minimum Gasteiger partial charge on any atom is -0.371 e. The molecule has 2 amide bonds. The molecule has 3 fully saturated rings. The molecular formula is C19H24ClN3O3. The Labute approximate surface area is 158 Å². The molecule has 3 heterocycles. The number of nitrogens with zero attached hydrogens (tertiary/aromatic N) is 1. The van der Waals surface area contributed by atoms with E-state index in [-0.39, 0.29) is 30.0 Å². The van der Waals surface area contributed by atoms with Gasteiger partial charge in [-0.05, 0) is 30.5 Å². The summed E-state index contributed by atoms with van der Waals surface area (Å²) < 4.78 is 6.05. The SMILES string of the molecule is O=C(C[C@@H]1CCC(=O)N1)N[C@@H]1C[C@H]2CO[C@@H](c3ccc(Cl)cc3)CN2C1. The monoisotopic (exact) mass is 377 g/mol. The number of amides is 2. The van der Waals surface area contributed by atoms with E-state index in [4.69, 9.17) is 16.3 Å². The first-order valence-electron chi connectivity index (χ1n) is 9.26. The molecule has 1 aromatic carbocycles. The van der Waals surface area contributed by atoms with E-state index in [9.17, 15) is 9.59 Å². The highest BCUT2D eigenvalue weighted by molar-refractivity contribution is 6.30. The molecular weight excluding hydrogens is 354 g/mol. The molecule has 3 aliphatic rings. The highest BCUT2D eigenvalue weighted by Crippen LogP contribution is 2.30. The van der Waals surface area contributed by atoms with Gasteiger partial charge in [0.05, 0.1) is 12.7 Å². The van der Waals surface area contributed by atoms with Gasteiger partial charge < -0.3 is 15.4 Å². The van der Waals surface area contributed by atoms with Crippen LogP contribution in [0.1, 0.15) is 37.4 Å². The lowest BCUT2D eigenvalue weighted by Gasteiger charge is -2.35. The molecule has 4 rings (SSSR count). The van der Waals surface area contributed by atoms with Crippen LogP contribution in [0.25, 0.3) is 0 Å². The third-order valence-corrected chi connectivity index (χ3v) is 5.79. The molecule has 140 valence electrons. The van der Waals surface area contributed by atoms with E-state index in [1.807, 2.05) is 24.3 Å². The number of hydrogen-bond acceptors (Lipinski definition) is 4. The maximum absolute atomic E-state index is 12.3. The van der Waals surface area contributed by atoms with Crippen LogP contribution in [0.5, 0.6) is 0 Å².